The van der Waals surface area contributed by atoms with Gasteiger partial charge in [0.25, 0.3) is 0 Å². The summed E-state index contributed by atoms with van der Waals surface area (Å²) in [6.07, 6.45) is 0. The van der Waals surface area contributed by atoms with Gasteiger partial charge >= 0.3 is 0 Å². The molecule has 1 unspecified atom stereocenters. The first-order valence-electron chi connectivity index (χ1n) is 4.75. The second-order valence-corrected chi connectivity index (χ2v) is 4.66. The highest BCUT2D eigenvalue weighted by Crippen LogP contribution is 2.08. The van der Waals surface area contributed by atoms with Gasteiger partial charge in [-0.15, -0.1) is 5.10 Å². The van der Waals surface area contributed by atoms with Gasteiger partial charge in [0, 0.05) is 19.1 Å². The Balaban J connectivity index is 2.30. The van der Waals surface area contributed by atoms with Crippen LogP contribution in [0, 0.1) is 6.92 Å². The van der Waals surface area contributed by atoms with Crippen molar-refractivity contribution in [1.29, 1.82) is 0 Å². The molecule has 0 radical (unpaired) electrons. The first-order valence-corrected chi connectivity index (χ1v) is 5.53. The van der Waals surface area contributed by atoms with Gasteiger partial charge in [-0.2, -0.15) is 0 Å². The van der Waals surface area contributed by atoms with Crippen LogP contribution in [0.1, 0.15) is 17.5 Å². The van der Waals surface area contributed by atoms with E-state index in [2.05, 4.69) is 40.8 Å². The fourth-order valence-electron chi connectivity index (χ4n) is 1.29. The fraction of sp³-hybridized carbons (Fsp3) is 0.778. The predicted octanol–water partition coefficient (Wildman–Crippen LogP) is 0.886. The summed E-state index contributed by atoms with van der Waals surface area (Å²) in [4.78, 5) is 3.41. The Bertz CT molecular complexity index is 272. The van der Waals surface area contributed by atoms with Gasteiger partial charge in [0.15, 0.2) is 0 Å². The van der Waals surface area contributed by atoms with E-state index in [1.165, 1.54) is 16.4 Å². The Kier molecular flexibility index (Phi) is 4.44. The standard InChI is InChI=1S/C9H18N4S/c1-7(6-13(3)4)10-5-9-8(2)11-12-14-9/h7,10H,5-6H2,1-4H3. The zero-order valence-corrected chi connectivity index (χ0v) is 10.1. The van der Waals surface area contributed by atoms with Gasteiger partial charge in [0.2, 0.25) is 0 Å². The molecule has 0 aliphatic heterocycles. The average Bonchev–Trinajstić information content (AvgIpc) is 2.46. The third-order valence-corrected chi connectivity index (χ3v) is 2.82. The number of nitrogens with one attached hydrogen (secondary N) is 1. The molecule has 1 heterocycles. The van der Waals surface area contributed by atoms with Crippen molar-refractivity contribution in [3.63, 3.8) is 0 Å². The highest BCUT2D eigenvalue weighted by atomic mass is 32.1. The number of hydrogen-bond acceptors (Lipinski definition) is 5. The monoisotopic (exact) mass is 214 g/mol. The van der Waals surface area contributed by atoms with E-state index in [1.54, 1.807) is 0 Å². The molecule has 0 fully saturated rings. The molecule has 80 valence electrons. The molecule has 0 saturated heterocycles. The Labute approximate surface area is 89.5 Å². The van der Waals surface area contributed by atoms with Gasteiger partial charge in [0.05, 0.1) is 10.6 Å². The normalized spacial score (nSPS) is 13.5. The Morgan fingerprint density at radius 1 is 1.50 bits per heavy atom. The molecule has 5 heteroatoms. The van der Waals surface area contributed by atoms with Gasteiger partial charge < -0.3 is 10.2 Å². The maximum atomic E-state index is 3.97. The van der Waals surface area contributed by atoms with E-state index in [1.807, 2.05) is 6.92 Å². The van der Waals surface area contributed by atoms with Gasteiger partial charge in [-0.1, -0.05) is 4.49 Å². The van der Waals surface area contributed by atoms with Crippen LogP contribution in [0.5, 0.6) is 0 Å². The van der Waals surface area contributed by atoms with Crippen molar-refractivity contribution in [2.24, 2.45) is 0 Å². The largest absolute Gasteiger partial charge is 0.308 e. The summed E-state index contributed by atoms with van der Waals surface area (Å²) in [5.74, 6) is 0. The molecule has 0 saturated carbocycles. The Hall–Kier alpha value is -0.520. The molecule has 0 aliphatic carbocycles. The van der Waals surface area contributed by atoms with Crippen LogP contribution in [0.4, 0.5) is 0 Å². The van der Waals surface area contributed by atoms with Crippen LogP contribution in [0.15, 0.2) is 0 Å². The van der Waals surface area contributed by atoms with E-state index in [-0.39, 0.29) is 0 Å². The zero-order chi connectivity index (χ0) is 10.6. The minimum absolute atomic E-state index is 0.492. The molecule has 4 nitrogen and oxygen atoms in total. The number of likely N-dealkylation sites (N-methyl/N-ethyl adjacent to an activating group) is 1. The second kappa shape index (κ2) is 5.38. The minimum atomic E-state index is 0.492. The number of aryl methyl sites for hydroxylation is 1. The van der Waals surface area contributed by atoms with Crippen LogP contribution in [0.25, 0.3) is 0 Å². The van der Waals surface area contributed by atoms with E-state index in [9.17, 15) is 0 Å². The quantitative estimate of drug-likeness (QED) is 0.790. The smallest absolute Gasteiger partial charge is 0.0769 e. The summed E-state index contributed by atoms with van der Waals surface area (Å²) in [6.45, 7) is 6.10. The lowest BCUT2D eigenvalue weighted by Crippen LogP contribution is -2.35. The van der Waals surface area contributed by atoms with Gasteiger partial charge in [-0.05, 0) is 39.5 Å². The topological polar surface area (TPSA) is 41.1 Å². The van der Waals surface area contributed by atoms with Crippen molar-refractivity contribution in [1.82, 2.24) is 19.8 Å². The van der Waals surface area contributed by atoms with Crippen LogP contribution in [-0.4, -0.2) is 41.2 Å². The lowest BCUT2D eigenvalue weighted by Gasteiger charge is -2.17. The number of hydrogen-bond donors (Lipinski definition) is 1. The SMILES string of the molecule is Cc1nnsc1CNC(C)CN(C)C. The molecule has 0 amide bonds. The van der Waals surface area contributed by atoms with E-state index in [0.29, 0.717) is 6.04 Å². The van der Waals surface area contributed by atoms with Crippen molar-refractivity contribution in [2.45, 2.75) is 26.4 Å². The Morgan fingerprint density at radius 3 is 2.71 bits per heavy atom. The number of nitrogens with zero attached hydrogens (tertiary/aromatic N) is 3. The molecule has 1 aromatic rings. The molecule has 1 atom stereocenters. The predicted molar refractivity (Wildman–Crippen MR) is 59.5 cm³/mol. The first kappa shape index (κ1) is 11.6. The van der Waals surface area contributed by atoms with Crippen molar-refractivity contribution >= 4 is 11.5 Å². The highest BCUT2D eigenvalue weighted by Gasteiger charge is 2.06. The van der Waals surface area contributed by atoms with Crippen LogP contribution >= 0.6 is 11.5 Å². The lowest BCUT2D eigenvalue weighted by atomic mass is 10.3. The van der Waals surface area contributed by atoms with Crippen LogP contribution < -0.4 is 5.32 Å². The first-order chi connectivity index (χ1) is 6.59. The molecule has 1 aromatic heterocycles. The summed E-state index contributed by atoms with van der Waals surface area (Å²) >= 11 is 1.47. The fourth-order valence-corrected chi connectivity index (χ4v) is 1.87. The third kappa shape index (κ3) is 3.69. The summed E-state index contributed by atoms with van der Waals surface area (Å²) in [6, 6.07) is 0.492. The molecule has 1 N–H and O–H groups in total. The zero-order valence-electron chi connectivity index (χ0n) is 9.24. The molecule has 0 aromatic carbocycles. The number of aromatic nitrogens is 2. The highest BCUT2D eigenvalue weighted by molar-refractivity contribution is 7.05. The van der Waals surface area contributed by atoms with E-state index in [0.717, 1.165) is 18.8 Å². The van der Waals surface area contributed by atoms with Crippen molar-refractivity contribution in [3.8, 4) is 0 Å². The van der Waals surface area contributed by atoms with Crippen molar-refractivity contribution < 1.29 is 0 Å². The number of rotatable bonds is 5. The summed E-state index contributed by atoms with van der Waals surface area (Å²) in [7, 11) is 4.16. The molecule has 1 rings (SSSR count). The molecule has 0 bridgehead atoms. The van der Waals surface area contributed by atoms with Crippen LogP contribution in [0.2, 0.25) is 0 Å². The second-order valence-electron chi connectivity index (χ2n) is 3.83. The maximum Gasteiger partial charge on any atom is 0.0769 e. The van der Waals surface area contributed by atoms with E-state index < -0.39 is 0 Å². The molecule has 0 aliphatic rings. The van der Waals surface area contributed by atoms with E-state index in [4.69, 9.17) is 0 Å². The summed E-state index contributed by atoms with van der Waals surface area (Å²) in [5, 5.41) is 7.42. The molecule has 0 spiro atoms. The van der Waals surface area contributed by atoms with Crippen molar-refractivity contribution in [2.75, 3.05) is 20.6 Å². The molecular weight excluding hydrogens is 196 g/mol. The van der Waals surface area contributed by atoms with Gasteiger partial charge in [0.1, 0.15) is 0 Å². The average molecular weight is 214 g/mol. The Morgan fingerprint density at radius 2 is 2.21 bits per heavy atom. The maximum absolute atomic E-state index is 3.97. The summed E-state index contributed by atoms with van der Waals surface area (Å²) in [5.41, 5.74) is 1.04. The molecular formula is C9H18N4S. The summed E-state index contributed by atoms with van der Waals surface area (Å²) < 4.78 is 3.90. The lowest BCUT2D eigenvalue weighted by molar-refractivity contribution is 0.349. The van der Waals surface area contributed by atoms with Crippen LogP contribution in [0.3, 0.4) is 0 Å². The minimum Gasteiger partial charge on any atom is -0.308 e. The molecule has 14 heavy (non-hydrogen) atoms. The van der Waals surface area contributed by atoms with Gasteiger partial charge in [-0.25, -0.2) is 0 Å². The van der Waals surface area contributed by atoms with Crippen LogP contribution in [-0.2, 0) is 6.54 Å². The van der Waals surface area contributed by atoms with E-state index >= 15 is 0 Å². The third-order valence-electron chi connectivity index (χ3n) is 2.00. The van der Waals surface area contributed by atoms with Crippen molar-refractivity contribution in [3.05, 3.63) is 10.6 Å². The van der Waals surface area contributed by atoms with Gasteiger partial charge in [-0.3, -0.25) is 0 Å².